The second kappa shape index (κ2) is 2.80. The van der Waals surface area contributed by atoms with Crippen molar-refractivity contribution < 1.29 is 8.81 Å². The maximum atomic E-state index is 13.3. The molecule has 1 aromatic carbocycles. The Kier molecular flexibility index (Phi) is 1.73. The van der Waals surface area contributed by atoms with Crippen LogP contribution in [-0.4, -0.2) is 4.98 Å². The van der Waals surface area contributed by atoms with Crippen molar-refractivity contribution in [3.63, 3.8) is 0 Å². The fraction of sp³-hybridized carbons (Fsp3) is 0.111. The lowest BCUT2D eigenvalue weighted by atomic mass is 10.2. The van der Waals surface area contributed by atoms with Gasteiger partial charge in [0.1, 0.15) is 5.82 Å². The second-order valence-electron chi connectivity index (χ2n) is 2.97. The molecule has 2 aromatic rings. The van der Waals surface area contributed by atoms with E-state index in [2.05, 4.69) is 9.40 Å². The van der Waals surface area contributed by atoms with E-state index >= 15 is 0 Å². The second-order valence-corrected chi connectivity index (χ2v) is 2.97. The van der Waals surface area contributed by atoms with E-state index in [0.29, 0.717) is 5.56 Å². The molecule has 0 fully saturated rings. The molecule has 0 aliphatic rings. The van der Waals surface area contributed by atoms with Crippen LogP contribution in [0.4, 0.5) is 4.39 Å². The Bertz CT molecular complexity index is 611. The molecule has 4 nitrogen and oxygen atoms in total. The summed E-state index contributed by atoms with van der Waals surface area (Å²) < 4.78 is 17.5. The van der Waals surface area contributed by atoms with E-state index in [4.69, 9.17) is 0 Å². The minimum Gasteiger partial charge on any atom is -0.372 e. The molecule has 0 spiro atoms. The SMILES string of the molecule is Cc1cc(F)c2[nH]c(=O)oc(=O)c2c1. The largest absolute Gasteiger partial charge is 0.419 e. The van der Waals surface area contributed by atoms with Gasteiger partial charge in [0.05, 0.1) is 10.9 Å². The van der Waals surface area contributed by atoms with E-state index in [1.807, 2.05) is 0 Å². The van der Waals surface area contributed by atoms with E-state index in [-0.39, 0.29) is 10.9 Å². The van der Waals surface area contributed by atoms with Gasteiger partial charge >= 0.3 is 11.4 Å². The summed E-state index contributed by atoms with van der Waals surface area (Å²) in [5.41, 5.74) is -0.349. The molecule has 0 aliphatic heterocycles. The van der Waals surface area contributed by atoms with Crippen LogP contribution in [0.5, 0.6) is 0 Å². The lowest BCUT2D eigenvalue weighted by molar-refractivity contribution is 0.458. The van der Waals surface area contributed by atoms with Crippen molar-refractivity contribution in [2.45, 2.75) is 6.92 Å². The van der Waals surface area contributed by atoms with Gasteiger partial charge in [0.15, 0.2) is 0 Å². The summed E-state index contributed by atoms with van der Waals surface area (Å²) in [5.74, 6) is -1.59. The standard InChI is InChI=1S/C9H6FNO3/c1-4-2-5-7(6(10)3-4)11-9(13)14-8(5)12/h2-3H,1H3,(H,11,13). The number of hydrogen-bond donors (Lipinski definition) is 1. The van der Waals surface area contributed by atoms with Crippen LogP contribution in [0.25, 0.3) is 10.9 Å². The Balaban J connectivity index is 3.10. The average Bonchev–Trinajstić information content (AvgIpc) is 2.07. The van der Waals surface area contributed by atoms with Crippen LogP contribution < -0.4 is 11.4 Å². The Morgan fingerprint density at radius 2 is 2.07 bits per heavy atom. The monoisotopic (exact) mass is 195 g/mol. The highest BCUT2D eigenvalue weighted by Crippen LogP contribution is 2.12. The van der Waals surface area contributed by atoms with Crippen molar-refractivity contribution in [2.24, 2.45) is 0 Å². The highest BCUT2D eigenvalue weighted by molar-refractivity contribution is 5.78. The molecule has 5 heteroatoms. The quantitative estimate of drug-likeness (QED) is 0.680. The van der Waals surface area contributed by atoms with Crippen LogP contribution in [0.1, 0.15) is 5.56 Å². The van der Waals surface area contributed by atoms with Crippen LogP contribution in [0.2, 0.25) is 0 Å². The van der Waals surface area contributed by atoms with Gasteiger partial charge in [-0.3, -0.25) is 4.98 Å². The summed E-state index contributed by atoms with van der Waals surface area (Å²) in [6, 6.07) is 2.69. The van der Waals surface area contributed by atoms with Gasteiger partial charge in [-0.15, -0.1) is 0 Å². The summed E-state index contributed by atoms with van der Waals surface area (Å²) in [6.07, 6.45) is 0. The summed E-state index contributed by atoms with van der Waals surface area (Å²) in [4.78, 5) is 24.0. The topological polar surface area (TPSA) is 63.1 Å². The Morgan fingerprint density at radius 3 is 2.79 bits per heavy atom. The van der Waals surface area contributed by atoms with Gasteiger partial charge in [-0.25, -0.2) is 14.0 Å². The first kappa shape index (κ1) is 8.68. The lowest BCUT2D eigenvalue weighted by Crippen LogP contribution is -2.15. The van der Waals surface area contributed by atoms with Crippen molar-refractivity contribution in [3.05, 3.63) is 44.5 Å². The lowest BCUT2D eigenvalue weighted by Gasteiger charge is -1.98. The minimum atomic E-state index is -0.953. The number of aryl methyl sites for hydroxylation is 1. The molecule has 0 aliphatic carbocycles. The van der Waals surface area contributed by atoms with Crippen molar-refractivity contribution >= 4 is 10.9 Å². The van der Waals surface area contributed by atoms with Crippen molar-refractivity contribution in [2.75, 3.05) is 0 Å². The number of hydrogen-bond acceptors (Lipinski definition) is 3. The zero-order valence-corrected chi connectivity index (χ0v) is 7.26. The highest BCUT2D eigenvalue weighted by atomic mass is 19.1. The molecular weight excluding hydrogens is 189 g/mol. The summed E-state index contributed by atoms with van der Waals surface area (Å²) in [6.45, 7) is 1.65. The number of aromatic amines is 1. The number of H-pyrrole nitrogens is 1. The Morgan fingerprint density at radius 1 is 1.36 bits per heavy atom. The maximum absolute atomic E-state index is 13.3. The van der Waals surface area contributed by atoms with Crippen molar-refractivity contribution in [1.82, 2.24) is 4.98 Å². The van der Waals surface area contributed by atoms with Crippen LogP contribution >= 0.6 is 0 Å². The molecule has 0 saturated carbocycles. The summed E-state index contributed by atoms with van der Waals surface area (Å²) in [7, 11) is 0. The molecule has 14 heavy (non-hydrogen) atoms. The average molecular weight is 195 g/mol. The maximum Gasteiger partial charge on any atom is 0.419 e. The third-order valence-corrected chi connectivity index (χ3v) is 1.87. The molecule has 0 atom stereocenters. The number of halogens is 1. The van der Waals surface area contributed by atoms with Crippen molar-refractivity contribution in [3.8, 4) is 0 Å². The molecule has 2 rings (SSSR count). The number of rotatable bonds is 0. The number of benzene rings is 1. The van der Waals surface area contributed by atoms with Crippen LogP contribution in [-0.2, 0) is 0 Å². The first-order valence-corrected chi connectivity index (χ1v) is 3.91. The zero-order chi connectivity index (χ0) is 10.3. The van der Waals surface area contributed by atoms with E-state index in [1.54, 1.807) is 6.92 Å². The predicted molar refractivity (Wildman–Crippen MR) is 47.8 cm³/mol. The number of nitrogens with one attached hydrogen (secondary N) is 1. The minimum absolute atomic E-state index is 0.0436. The zero-order valence-electron chi connectivity index (χ0n) is 7.26. The molecular formula is C9H6FNO3. The van der Waals surface area contributed by atoms with E-state index in [1.165, 1.54) is 12.1 Å². The molecule has 1 aromatic heterocycles. The van der Waals surface area contributed by atoms with Crippen LogP contribution in [0.3, 0.4) is 0 Å². The third kappa shape index (κ3) is 1.22. The molecule has 72 valence electrons. The fourth-order valence-corrected chi connectivity index (χ4v) is 1.30. The van der Waals surface area contributed by atoms with E-state index in [0.717, 1.165) is 0 Å². The van der Waals surface area contributed by atoms with Gasteiger partial charge in [-0.2, -0.15) is 0 Å². The smallest absolute Gasteiger partial charge is 0.372 e. The number of fused-ring (bicyclic) bond motifs is 1. The molecule has 0 bridgehead atoms. The predicted octanol–water partition coefficient (Wildman–Crippen LogP) is 0.929. The van der Waals surface area contributed by atoms with Gasteiger partial charge in [-0.05, 0) is 24.6 Å². The van der Waals surface area contributed by atoms with E-state index in [9.17, 15) is 14.0 Å². The molecule has 0 amide bonds. The molecule has 0 unspecified atom stereocenters. The first-order chi connectivity index (χ1) is 6.58. The summed E-state index contributed by atoms with van der Waals surface area (Å²) in [5, 5.41) is 0.0436. The Hall–Kier alpha value is -1.91. The van der Waals surface area contributed by atoms with Gasteiger partial charge in [0.2, 0.25) is 0 Å². The molecule has 0 saturated heterocycles. The summed E-state index contributed by atoms with van der Waals surface area (Å²) >= 11 is 0. The first-order valence-electron chi connectivity index (χ1n) is 3.91. The number of aromatic nitrogens is 1. The van der Waals surface area contributed by atoms with Crippen LogP contribution in [0.15, 0.2) is 26.1 Å². The van der Waals surface area contributed by atoms with Gasteiger partial charge in [-0.1, -0.05) is 0 Å². The van der Waals surface area contributed by atoms with Crippen molar-refractivity contribution in [1.29, 1.82) is 0 Å². The highest BCUT2D eigenvalue weighted by Gasteiger charge is 2.07. The van der Waals surface area contributed by atoms with E-state index < -0.39 is 17.2 Å². The normalized spacial score (nSPS) is 10.7. The molecule has 0 radical (unpaired) electrons. The van der Waals surface area contributed by atoms with Gasteiger partial charge < -0.3 is 4.42 Å². The fourth-order valence-electron chi connectivity index (χ4n) is 1.30. The van der Waals surface area contributed by atoms with Gasteiger partial charge in [0, 0.05) is 0 Å². The third-order valence-electron chi connectivity index (χ3n) is 1.87. The van der Waals surface area contributed by atoms with Crippen LogP contribution in [0, 0.1) is 12.7 Å². The van der Waals surface area contributed by atoms with Gasteiger partial charge in [0.25, 0.3) is 0 Å². The Labute approximate surface area is 77.0 Å². The molecule has 1 heterocycles. The molecule has 1 N–H and O–H groups in total.